The molecule has 5 heteroatoms. The summed E-state index contributed by atoms with van der Waals surface area (Å²) < 4.78 is 35.3. The maximum atomic E-state index is 12.7. The molecule has 0 amide bonds. The Balaban J connectivity index is 0.000000262. The summed E-state index contributed by atoms with van der Waals surface area (Å²) in [7, 11) is 0. The monoisotopic (exact) mass is 306 g/mol. The third-order valence-electron chi connectivity index (χ3n) is 2.58. The lowest BCUT2D eigenvalue weighted by Crippen LogP contribution is -2.18. The van der Waals surface area contributed by atoms with Crippen molar-refractivity contribution in [1.82, 2.24) is 4.72 Å². The second-order valence-corrected chi connectivity index (χ2v) is 5.08. The lowest BCUT2D eigenvalue weighted by Gasteiger charge is -2.09. The molecule has 0 radical (unpaired) electrons. The Kier molecular flexibility index (Phi) is 7.53. The number of aryl methyl sites for hydroxylation is 1. The number of halogens is 1. The van der Waals surface area contributed by atoms with Crippen LogP contribution in [-0.2, 0) is 11.3 Å². The van der Waals surface area contributed by atoms with Crippen LogP contribution in [0.4, 0.5) is 4.39 Å². The van der Waals surface area contributed by atoms with Crippen LogP contribution in [-0.4, -0.2) is 15.3 Å². The van der Waals surface area contributed by atoms with E-state index in [-0.39, 0.29) is 12.4 Å². The van der Waals surface area contributed by atoms with Gasteiger partial charge in [-0.1, -0.05) is 54.6 Å². The van der Waals surface area contributed by atoms with Gasteiger partial charge in [-0.05, 0) is 30.2 Å². The standard InChI is InChI=1S/C9H10FNO2S.C7H8/c1-7(6-11-14(12)13)8-3-2-4-9(10)5-8;1-7-5-3-2-4-6-7/h2-5,11H,1,6H2,(H,12,13);2-6H,1H3/p-1. The lowest BCUT2D eigenvalue weighted by atomic mass is 10.1. The predicted octanol–water partition coefficient (Wildman–Crippen LogP) is 3.22. The van der Waals surface area contributed by atoms with Crippen molar-refractivity contribution in [3.8, 4) is 0 Å². The SMILES string of the molecule is C=C(CNS(=O)[O-])c1cccc(F)c1.Cc1ccccc1. The summed E-state index contributed by atoms with van der Waals surface area (Å²) in [5, 5.41) is 0. The minimum atomic E-state index is -2.32. The van der Waals surface area contributed by atoms with Gasteiger partial charge in [0.05, 0.1) is 0 Å². The van der Waals surface area contributed by atoms with E-state index in [1.165, 1.54) is 17.7 Å². The first kappa shape index (κ1) is 17.2. The molecule has 0 aromatic heterocycles. The molecule has 1 N–H and O–H groups in total. The van der Waals surface area contributed by atoms with Crippen LogP contribution in [0.1, 0.15) is 11.1 Å². The molecule has 0 fully saturated rings. The number of benzene rings is 2. The highest BCUT2D eigenvalue weighted by Gasteiger charge is 1.99. The summed E-state index contributed by atoms with van der Waals surface area (Å²) in [6, 6.07) is 16.1. The van der Waals surface area contributed by atoms with Crippen LogP contribution in [0.5, 0.6) is 0 Å². The summed E-state index contributed by atoms with van der Waals surface area (Å²) in [5.74, 6) is -0.369. The highest BCUT2D eigenvalue weighted by atomic mass is 32.2. The average Bonchev–Trinajstić information content (AvgIpc) is 2.46. The van der Waals surface area contributed by atoms with Gasteiger partial charge >= 0.3 is 0 Å². The molecule has 1 unspecified atom stereocenters. The zero-order valence-electron chi connectivity index (χ0n) is 11.7. The molecule has 0 aliphatic rings. The Bertz CT molecular complexity index is 602. The fraction of sp³-hybridized carbons (Fsp3) is 0.125. The van der Waals surface area contributed by atoms with Crippen LogP contribution in [0.25, 0.3) is 5.57 Å². The number of hydrogen-bond donors (Lipinski definition) is 1. The molecule has 0 spiro atoms. The summed E-state index contributed by atoms with van der Waals surface area (Å²) in [5.41, 5.74) is 2.43. The van der Waals surface area contributed by atoms with Crippen molar-refractivity contribution in [2.24, 2.45) is 0 Å². The first-order chi connectivity index (χ1) is 9.99. The molecule has 2 aromatic carbocycles. The Labute approximate surface area is 126 Å². The van der Waals surface area contributed by atoms with E-state index < -0.39 is 11.3 Å². The summed E-state index contributed by atoms with van der Waals surface area (Å²) in [6.07, 6.45) is 0. The summed E-state index contributed by atoms with van der Waals surface area (Å²) in [4.78, 5) is 0. The van der Waals surface area contributed by atoms with Gasteiger partial charge in [-0.3, -0.25) is 4.21 Å². The summed E-state index contributed by atoms with van der Waals surface area (Å²) in [6.45, 7) is 5.80. The molecule has 0 bridgehead atoms. The highest BCUT2D eigenvalue weighted by Crippen LogP contribution is 2.12. The molecule has 0 saturated carbocycles. The van der Waals surface area contributed by atoms with E-state index in [1.54, 1.807) is 12.1 Å². The molecule has 0 saturated heterocycles. The van der Waals surface area contributed by atoms with Crippen molar-refractivity contribution in [2.45, 2.75) is 6.92 Å². The van der Waals surface area contributed by atoms with E-state index in [1.807, 2.05) is 18.2 Å². The van der Waals surface area contributed by atoms with Gasteiger partial charge in [0.1, 0.15) is 5.82 Å². The van der Waals surface area contributed by atoms with Crippen LogP contribution >= 0.6 is 0 Å². The smallest absolute Gasteiger partial charge is 0.123 e. The number of hydrogen-bond acceptors (Lipinski definition) is 2. The molecule has 0 aliphatic carbocycles. The van der Waals surface area contributed by atoms with Crippen molar-refractivity contribution >= 4 is 16.8 Å². The van der Waals surface area contributed by atoms with E-state index in [9.17, 15) is 13.2 Å². The van der Waals surface area contributed by atoms with Crippen molar-refractivity contribution in [3.63, 3.8) is 0 Å². The van der Waals surface area contributed by atoms with E-state index in [0.29, 0.717) is 11.1 Å². The maximum absolute atomic E-state index is 12.7. The molecular formula is C16H17FNO2S-. The number of rotatable bonds is 4. The predicted molar refractivity (Wildman–Crippen MR) is 83.5 cm³/mol. The second kappa shape index (κ2) is 9.18. The molecule has 3 nitrogen and oxygen atoms in total. The normalized spacial score (nSPS) is 11.2. The van der Waals surface area contributed by atoms with Crippen molar-refractivity contribution in [3.05, 3.63) is 78.1 Å². The third kappa shape index (κ3) is 7.51. The quantitative estimate of drug-likeness (QED) is 0.882. The molecule has 0 heterocycles. The minimum absolute atomic E-state index is 0.0829. The molecule has 21 heavy (non-hydrogen) atoms. The van der Waals surface area contributed by atoms with Crippen molar-refractivity contribution < 1.29 is 13.2 Å². The third-order valence-corrected chi connectivity index (χ3v) is 2.96. The van der Waals surface area contributed by atoms with Gasteiger partial charge in [-0.25, -0.2) is 9.11 Å². The summed E-state index contributed by atoms with van der Waals surface area (Å²) >= 11 is -2.32. The van der Waals surface area contributed by atoms with E-state index in [0.717, 1.165) is 0 Å². The molecule has 2 rings (SSSR count). The Morgan fingerprint density at radius 1 is 1.24 bits per heavy atom. The highest BCUT2D eigenvalue weighted by molar-refractivity contribution is 7.77. The molecule has 1 atom stereocenters. The first-order valence-electron chi connectivity index (χ1n) is 6.27. The topological polar surface area (TPSA) is 52.2 Å². The molecule has 2 aromatic rings. The van der Waals surface area contributed by atoms with Crippen molar-refractivity contribution in [1.29, 1.82) is 0 Å². The van der Waals surface area contributed by atoms with Gasteiger partial charge in [-0.15, -0.1) is 0 Å². The molecular weight excluding hydrogens is 289 g/mol. The first-order valence-corrected chi connectivity index (χ1v) is 7.34. The van der Waals surface area contributed by atoms with Crippen LogP contribution in [0.15, 0.2) is 61.2 Å². The van der Waals surface area contributed by atoms with Gasteiger partial charge in [-0.2, -0.15) is 0 Å². The Morgan fingerprint density at radius 2 is 1.90 bits per heavy atom. The van der Waals surface area contributed by atoms with Crippen LogP contribution in [0, 0.1) is 12.7 Å². The maximum Gasteiger partial charge on any atom is 0.123 e. The molecule has 0 aliphatic heterocycles. The van der Waals surface area contributed by atoms with Crippen LogP contribution in [0.3, 0.4) is 0 Å². The van der Waals surface area contributed by atoms with E-state index in [2.05, 4.69) is 30.4 Å². The number of nitrogens with one attached hydrogen (secondary N) is 1. The largest absolute Gasteiger partial charge is 0.760 e. The van der Waals surface area contributed by atoms with Gasteiger partial charge < -0.3 is 4.55 Å². The van der Waals surface area contributed by atoms with Gasteiger partial charge in [0.15, 0.2) is 0 Å². The zero-order valence-corrected chi connectivity index (χ0v) is 12.5. The fourth-order valence-electron chi connectivity index (χ4n) is 1.49. The van der Waals surface area contributed by atoms with Gasteiger partial charge in [0.2, 0.25) is 0 Å². The second-order valence-electron chi connectivity index (χ2n) is 4.32. The average molecular weight is 306 g/mol. The van der Waals surface area contributed by atoms with Crippen LogP contribution < -0.4 is 4.72 Å². The Morgan fingerprint density at radius 3 is 2.38 bits per heavy atom. The van der Waals surface area contributed by atoms with Crippen LogP contribution in [0.2, 0.25) is 0 Å². The fourth-order valence-corrected chi connectivity index (χ4v) is 1.78. The van der Waals surface area contributed by atoms with E-state index >= 15 is 0 Å². The van der Waals surface area contributed by atoms with Crippen molar-refractivity contribution in [2.75, 3.05) is 6.54 Å². The lowest BCUT2D eigenvalue weighted by molar-refractivity contribution is 0.527. The molecule has 112 valence electrons. The minimum Gasteiger partial charge on any atom is -0.760 e. The van der Waals surface area contributed by atoms with Gasteiger partial charge in [0.25, 0.3) is 0 Å². The Hall–Kier alpha value is -1.82. The zero-order chi connectivity index (χ0) is 15.7. The van der Waals surface area contributed by atoms with Gasteiger partial charge in [0, 0.05) is 17.8 Å². The van der Waals surface area contributed by atoms with E-state index in [4.69, 9.17) is 0 Å².